The molecule has 0 bridgehead atoms. The molecular formula is C26H36O18. The standard InChI is InChI=1S/C26H36O18/c1-10(27)35-8-17-19(34)21(38-13(4)30)23(40-15(6)32)25(42-17)44-26-24(41-16(7)33)22(39-14(5)31)20(37-12(3)29)18(43-26)9-36-11(2)28/h17-26,34H,8-9H2,1-7H3/t17-,18-,19-,20-,21+,22+,23-,24-,25-,26+/m1/s1. The molecule has 2 aliphatic rings. The van der Waals surface area contributed by atoms with Gasteiger partial charge in [0.25, 0.3) is 0 Å². The van der Waals surface area contributed by atoms with Gasteiger partial charge < -0.3 is 52.5 Å². The molecule has 0 spiro atoms. The lowest BCUT2D eigenvalue weighted by atomic mass is 9.97. The summed E-state index contributed by atoms with van der Waals surface area (Å²) in [6, 6.07) is 0. The summed E-state index contributed by atoms with van der Waals surface area (Å²) < 4.78 is 54.0. The molecule has 0 radical (unpaired) electrons. The Morgan fingerprint density at radius 1 is 0.477 bits per heavy atom. The zero-order valence-corrected chi connectivity index (χ0v) is 25.1. The highest BCUT2D eigenvalue weighted by Crippen LogP contribution is 2.34. The molecule has 0 aromatic carbocycles. The average Bonchev–Trinajstić information content (AvgIpc) is 2.87. The normalized spacial score (nSPS) is 31.5. The fourth-order valence-electron chi connectivity index (χ4n) is 4.41. The number of rotatable bonds is 11. The van der Waals surface area contributed by atoms with Crippen LogP contribution < -0.4 is 0 Å². The Labute approximate surface area is 251 Å². The van der Waals surface area contributed by atoms with Crippen molar-refractivity contribution in [1.29, 1.82) is 0 Å². The molecule has 2 rings (SSSR count). The van der Waals surface area contributed by atoms with Crippen LogP contribution in [0.5, 0.6) is 0 Å². The van der Waals surface area contributed by atoms with Gasteiger partial charge >= 0.3 is 41.8 Å². The summed E-state index contributed by atoms with van der Waals surface area (Å²) in [6.45, 7) is 6.14. The van der Waals surface area contributed by atoms with E-state index >= 15 is 0 Å². The van der Waals surface area contributed by atoms with Gasteiger partial charge in [0.1, 0.15) is 31.5 Å². The first-order valence-corrected chi connectivity index (χ1v) is 13.3. The predicted octanol–water partition coefficient (Wildman–Crippen LogP) is -1.40. The quantitative estimate of drug-likeness (QED) is 0.203. The molecule has 2 fully saturated rings. The fourth-order valence-corrected chi connectivity index (χ4v) is 4.41. The highest BCUT2D eigenvalue weighted by molar-refractivity contribution is 5.69. The summed E-state index contributed by atoms with van der Waals surface area (Å²) in [5.41, 5.74) is 0. The molecule has 10 atom stereocenters. The second-order valence-corrected chi connectivity index (χ2v) is 9.69. The molecule has 0 aliphatic carbocycles. The lowest BCUT2D eigenvalue weighted by Gasteiger charge is -2.47. The zero-order valence-electron chi connectivity index (χ0n) is 25.1. The van der Waals surface area contributed by atoms with Crippen molar-refractivity contribution in [2.75, 3.05) is 13.2 Å². The Hall–Kier alpha value is -3.87. The van der Waals surface area contributed by atoms with E-state index < -0.39 is 116 Å². The van der Waals surface area contributed by atoms with Gasteiger partial charge in [-0.1, -0.05) is 0 Å². The predicted molar refractivity (Wildman–Crippen MR) is 135 cm³/mol. The Kier molecular flexibility index (Phi) is 13.4. The molecule has 44 heavy (non-hydrogen) atoms. The van der Waals surface area contributed by atoms with E-state index in [9.17, 15) is 38.7 Å². The van der Waals surface area contributed by atoms with E-state index in [1.807, 2.05) is 0 Å². The van der Waals surface area contributed by atoms with E-state index in [4.69, 9.17) is 47.4 Å². The second-order valence-electron chi connectivity index (χ2n) is 9.69. The van der Waals surface area contributed by atoms with E-state index in [2.05, 4.69) is 0 Å². The first-order valence-electron chi connectivity index (χ1n) is 13.3. The molecule has 0 aromatic rings. The molecular weight excluding hydrogens is 600 g/mol. The first kappa shape index (κ1) is 36.3. The van der Waals surface area contributed by atoms with Crippen molar-refractivity contribution >= 4 is 41.8 Å². The Morgan fingerprint density at radius 3 is 1.25 bits per heavy atom. The molecule has 0 aromatic heterocycles. The molecule has 2 aliphatic heterocycles. The van der Waals surface area contributed by atoms with Crippen LogP contribution in [0.3, 0.4) is 0 Å². The van der Waals surface area contributed by atoms with Crippen LogP contribution in [-0.4, -0.2) is 122 Å². The van der Waals surface area contributed by atoms with Gasteiger partial charge in [0, 0.05) is 48.5 Å². The van der Waals surface area contributed by atoms with Crippen LogP contribution in [0.2, 0.25) is 0 Å². The number of carbonyl (C=O) groups is 7. The lowest BCUT2D eigenvalue weighted by Crippen LogP contribution is -2.66. The number of ether oxygens (including phenoxy) is 10. The molecule has 18 nitrogen and oxygen atoms in total. The van der Waals surface area contributed by atoms with Crippen LogP contribution in [0, 0.1) is 0 Å². The Balaban J connectivity index is 2.61. The maximum atomic E-state index is 12.1. The Morgan fingerprint density at radius 2 is 0.818 bits per heavy atom. The molecule has 0 amide bonds. The number of hydrogen-bond acceptors (Lipinski definition) is 18. The van der Waals surface area contributed by atoms with Gasteiger partial charge in [0.05, 0.1) is 0 Å². The molecule has 2 saturated heterocycles. The van der Waals surface area contributed by atoms with Crippen molar-refractivity contribution in [3.63, 3.8) is 0 Å². The smallest absolute Gasteiger partial charge is 0.303 e. The van der Waals surface area contributed by atoms with E-state index in [1.54, 1.807) is 0 Å². The summed E-state index contributed by atoms with van der Waals surface area (Å²) in [6.07, 6.45) is -16.3. The fraction of sp³-hybridized carbons (Fsp3) is 0.731. The third-order valence-electron chi connectivity index (χ3n) is 5.89. The maximum absolute atomic E-state index is 12.1. The van der Waals surface area contributed by atoms with Crippen LogP contribution in [0.1, 0.15) is 48.5 Å². The largest absolute Gasteiger partial charge is 0.463 e. The van der Waals surface area contributed by atoms with E-state index in [-0.39, 0.29) is 0 Å². The van der Waals surface area contributed by atoms with E-state index in [1.165, 1.54) is 0 Å². The average molecular weight is 637 g/mol. The minimum atomic E-state index is -1.80. The lowest BCUT2D eigenvalue weighted by molar-refractivity contribution is -0.377. The molecule has 1 N–H and O–H groups in total. The van der Waals surface area contributed by atoms with Gasteiger partial charge in [-0.2, -0.15) is 0 Å². The van der Waals surface area contributed by atoms with Crippen LogP contribution in [-0.2, 0) is 80.9 Å². The minimum absolute atomic E-state index is 0.569. The van der Waals surface area contributed by atoms with Gasteiger partial charge in [0.2, 0.25) is 12.6 Å². The van der Waals surface area contributed by atoms with Crippen LogP contribution in [0.15, 0.2) is 0 Å². The third kappa shape index (κ3) is 10.7. The van der Waals surface area contributed by atoms with Crippen molar-refractivity contribution in [1.82, 2.24) is 0 Å². The summed E-state index contributed by atoms with van der Waals surface area (Å²) in [7, 11) is 0. The molecule has 0 unspecified atom stereocenters. The zero-order chi connectivity index (χ0) is 33.3. The van der Waals surface area contributed by atoms with Crippen LogP contribution >= 0.6 is 0 Å². The highest BCUT2D eigenvalue weighted by Gasteiger charge is 2.56. The van der Waals surface area contributed by atoms with Crippen LogP contribution in [0.25, 0.3) is 0 Å². The first-order chi connectivity index (χ1) is 20.5. The van der Waals surface area contributed by atoms with E-state index in [0.29, 0.717) is 0 Å². The SMILES string of the molecule is CC(=O)OC[C@H]1O[C@H](O[C@@H]2O[C@H](COC(C)=O)[C@@H](OC(C)=O)[C@H](OC(C)=O)[C@H]2OC(C)=O)[C@H](OC(C)=O)[C@@H](OC(C)=O)[C@@H]1O. The van der Waals surface area contributed by atoms with Gasteiger partial charge in [0.15, 0.2) is 30.5 Å². The molecule has 2 heterocycles. The van der Waals surface area contributed by atoms with Crippen molar-refractivity contribution < 1.29 is 86.0 Å². The summed E-state index contributed by atoms with van der Waals surface area (Å²) in [5, 5.41) is 10.9. The Bertz CT molecular complexity index is 1090. The number of esters is 7. The van der Waals surface area contributed by atoms with Crippen molar-refractivity contribution in [2.45, 2.75) is 110 Å². The van der Waals surface area contributed by atoms with E-state index in [0.717, 1.165) is 48.5 Å². The van der Waals surface area contributed by atoms with Crippen molar-refractivity contribution in [3.8, 4) is 0 Å². The number of carbonyl (C=O) groups excluding carboxylic acids is 7. The molecule has 18 heteroatoms. The van der Waals surface area contributed by atoms with Gasteiger partial charge in [-0.15, -0.1) is 0 Å². The highest BCUT2D eigenvalue weighted by atomic mass is 16.8. The van der Waals surface area contributed by atoms with Crippen LogP contribution in [0.4, 0.5) is 0 Å². The summed E-state index contributed by atoms with van der Waals surface area (Å²) in [5.74, 6) is -6.00. The van der Waals surface area contributed by atoms with Crippen molar-refractivity contribution in [3.05, 3.63) is 0 Å². The molecule has 248 valence electrons. The number of hydrogen-bond donors (Lipinski definition) is 1. The minimum Gasteiger partial charge on any atom is -0.463 e. The number of aliphatic hydroxyl groups is 1. The monoisotopic (exact) mass is 636 g/mol. The molecule has 0 saturated carbocycles. The van der Waals surface area contributed by atoms with Gasteiger partial charge in [-0.25, -0.2) is 0 Å². The number of aliphatic hydroxyl groups excluding tert-OH is 1. The van der Waals surface area contributed by atoms with Gasteiger partial charge in [-0.3, -0.25) is 33.6 Å². The van der Waals surface area contributed by atoms with Crippen molar-refractivity contribution in [2.24, 2.45) is 0 Å². The summed E-state index contributed by atoms with van der Waals surface area (Å²) >= 11 is 0. The topological polar surface area (TPSA) is 232 Å². The third-order valence-corrected chi connectivity index (χ3v) is 5.89. The second kappa shape index (κ2) is 16.3. The summed E-state index contributed by atoms with van der Waals surface area (Å²) in [4.78, 5) is 83.2. The maximum Gasteiger partial charge on any atom is 0.303 e. The van der Waals surface area contributed by atoms with Gasteiger partial charge in [-0.05, 0) is 0 Å².